The molecule has 1 amide bonds. The number of carbonyl (C=O) groups is 1. The summed E-state index contributed by atoms with van der Waals surface area (Å²) in [6, 6.07) is 17.1. The number of carbonyl (C=O) groups excluding carboxylic acids is 1. The van der Waals surface area contributed by atoms with Crippen molar-refractivity contribution in [2.45, 2.75) is 13.3 Å². The van der Waals surface area contributed by atoms with Crippen molar-refractivity contribution in [1.82, 2.24) is 14.7 Å². The molecular weight excluding hydrogens is 409 g/mol. The predicted molar refractivity (Wildman–Crippen MR) is 110 cm³/mol. The minimum atomic E-state index is -4.73. The summed E-state index contributed by atoms with van der Waals surface area (Å²) >= 11 is 0. The summed E-state index contributed by atoms with van der Waals surface area (Å²) < 4.78 is 43.1. The highest BCUT2D eigenvalue weighted by molar-refractivity contribution is 5.93. The second-order valence-electron chi connectivity index (χ2n) is 7.24. The van der Waals surface area contributed by atoms with Gasteiger partial charge in [0.15, 0.2) is 0 Å². The fourth-order valence-corrected chi connectivity index (χ4v) is 3.62. The van der Waals surface area contributed by atoms with Crippen LogP contribution >= 0.6 is 0 Å². The molecule has 0 spiro atoms. The van der Waals surface area contributed by atoms with E-state index in [1.54, 1.807) is 21.7 Å². The quantitative estimate of drug-likeness (QED) is 0.627. The highest BCUT2D eigenvalue weighted by Crippen LogP contribution is 2.27. The summed E-state index contributed by atoms with van der Waals surface area (Å²) in [6.07, 6.45) is -4.73. The summed E-state index contributed by atoms with van der Waals surface area (Å²) in [7, 11) is 0. The Labute approximate surface area is 177 Å². The SMILES string of the molecule is Cc1cc(C(=O)N2CCN(c3cccc(OC(F)(F)F)c3)CC2)n(-c2ccccc2)n1. The van der Waals surface area contributed by atoms with Crippen LogP contribution in [0.25, 0.3) is 5.69 Å². The van der Waals surface area contributed by atoms with Crippen LogP contribution in [0.2, 0.25) is 0 Å². The minimum absolute atomic E-state index is 0.127. The van der Waals surface area contributed by atoms with Gasteiger partial charge in [-0.3, -0.25) is 4.79 Å². The zero-order valence-electron chi connectivity index (χ0n) is 16.8. The fourth-order valence-electron chi connectivity index (χ4n) is 3.62. The fraction of sp³-hybridized carbons (Fsp3) is 0.273. The van der Waals surface area contributed by atoms with E-state index in [1.807, 2.05) is 42.2 Å². The maximum absolute atomic E-state index is 13.2. The van der Waals surface area contributed by atoms with E-state index in [4.69, 9.17) is 0 Å². The Morgan fingerprint density at radius 3 is 2.29 bits per heavy atom. The molecule has 9 heteroatoms. The van der Waals surface area contributed by atoms with Crippen molar-refractivity contribution in [2.75, 3.05) is 31.1 Å². The van der Waals surface area contributed by atoms with E-state index < -0.39 is 6.36 Å². The number of nitrogens with zero attached hydrogens (tertiary/aromatic N) is 4. The van der Waals surface area contributed by atoms with Crippen LogP contribution in [0.15, 0.2) is 60.7 Å². The summed E-state index contributed by atoms with van der Waals surface area (Å²) in [6.45, 7) is 3.73. The predicted octanol–water partition coefficient (Wildman–Crippen LogP) is 4.04. The van der Waals surface area contributed by atoms with E-state index in [2.05, 4.69) is 9.84 Å². The summed E-state index contributed by atoms with van der Waals surface area (Å²) in [5.74, 6) is -0.385. The molecule has 1 saturated heterocycles. The molecule has 0 saturated carbocycles. The van der Waals surface area contributed by atoms with Crippen molar-refractivity contribution in [1.29, 1.82) is 0 Å². The third kappa shape index (κ3) is 4.82. The highest BCUT2D eigenvalue weighted by atomic mass is 19.4. The Morgan fingerprint density at radius 1 is 0.935 bits per heavy atom. The summed E-state index contributed by atoms with van der Waals surface area (Å²) in [5.41, 5.74) is 2.66. The van der Waals surface area contributed by atoms with Crippen LogP contribution in [-0.2, 0) is 0 Å². The lowest BCUT2D eigenvalue weighted by atomic mass is 10.2. The normalized spacial score (nSPS) is 14.6. The maximum atomic E-state index is 13.2. The number of ether oxygens (including phenoxy) is 1. The number of rotatable bonds is 4. The van der Waals surface area contributed by atoms with Gasteiger partial charge in [-0.25, -0.2) is 4.68 Å². The third-order valence-electron chi connectivity index (χ3n) is 5.03. The Balaban J connectivity index is 1.45. The number of hydrogen-bond acceptors (Lipinski definition) is 4. The first kappa shape index (κ1) is 20.8. The van der Waals surface area contributed by atoms with Gasteiger partial charge in [0.05, 0.1) is 11.4 Å². The number of benzene rings is 2. The lowest BCUT2D eigenvalue weighted by Crippen LogP contribution is -2.49. The van der Waals surface area contributed by atoms with Gasteiger partial charge in [-0.05, 0) is 37.3 Å². The number of anilines is 1. The van der Waals surface area contributed by atoms with Crippen molar-refractivity contribution >= 4 is 11.6 Å². The van der Waals surface area contributed by atoms with E-state index in [0.29, 0.717) is 37.6 Å². The number of alkyl halides is 3. The number of amides is 1. The summed E-state index contributed by atoms with van der Waals surface area (Å²) in [4.78, 5) is 16.8. The molecule has 0 unspecified atom stereocenters. The standard InChI is InChI=1S/C22H21F3N4O2/c1-16-14-20(29(26-16)17-6-3-2-4-7-17)21(30)28-12-10-27(11-13-28)18-8-5-9-19(15-18)31-22(23,24)25/h2-9,14-15H,10-13H2,1H3. The molecule has 0 radical (unpaired) electrons. The van der Waals surface area contributed by atoms with Crippen molar-refractivity contribution in [3.8, 4) is 11.4 Å². The van der Waals surface area contributed by atoms with Crippen LogP contribution in [0.3, 0.4) is 0 Å². The van der Waals surface area contributed by atoms with Crippen LogP contribution in [0.1, 0.15) is 16.2 Å². The molecule has 2 aromatic carbocycles. The smallest absolute Gasteiger partial charge is 0.406 e. The van der Waals surface area contributed by atoms with E-state index in [0.717, 1.165) is 11.4 Å². The molecule has 1 fully saturated rings. The molecule has 1 aliphatic rings. The highest BCUT2D eigenvalue weighted by Gasteiger charge is 2.31. The van der Waals surface area contributed by atoms with E-state index in [-0.39, 0.29) is 11.7 Å². The number of hydrogen-bond donors (Lipinski definition) is 0. The van der Waals surface area contributed by atoms with Crippen molar-refractivity contribution in [3.05, 3.63) is 72.1 Å². The second-order valence-corrected chi connectivity index (χ2v) is 7.24. The Kier molecular flexibility index (Phi) is 5.58. The molecule has 0 atom stereocenters. The average molecular weight is 430 g/mol. The largest absolute Gasteiger partial charge is 0.573 e. The lowest BCUT2D eigenvalue weighted by Gasteiger charge is -2.36. The van der Waals surface area contributed by atoms with E-state index in [1.165, 1.54) is 18.2 Å². The number of para-hydroxylation sites is 1. The van der Waals surface area contributed by atoms with E-state index in [9.17, 15) is 18.0 Å². The molecule has 0 bridgehead atoms. The average Bonchev–Trinajstić information content (AvgIpc) is 3.15. The zero-order chi connectivity index (χ0) is 22.0. The molecule has 2 heterocycles. The molecule has 0 N–H and O–H groups in total. The molecule has 1 aromatic heterocycles. The molecule has 3 aromatic rings. The van der Waals surface area contributed by atoms with Gasteiger partial charge in [-0.2, -0.15) is 5.10 Å². The van der Waals surface area contributed by atoms with Crippen molar-refractivity contribution in [2.24, 2.45) is 0 Å². The van der Waals surface area contributed by atoms with Crippen LogP contribution in [0, 0.1) is 6.92 Å². The van der Waals surface area contributed by atoms with Gasteiger partial charge in [0.2, 0.25) is 0 Å². The maximum Gasteiger partial charge on any atom is 0.573 e. The number of aryl methyl sites for hydroxylation is 1. The van der Waals surface area contributed by atoms with Crippen molar-refractivity contribution in [3.63, 3.8) is 0 Å². The van der Waals surface area contributed by atoms with Gasteiger partial charge in [0.1, 0.15) is 11.4 Å². The molecule has 31 heavy (non-hydrogen) atoms. The van der Waals surface area contributed by atoms with E-state index >= 15 is 0 Å². The van der Waals surface area contributed by atoms with Crippen LogP contribution in [-0.4, -0.2) is 53.1 Å². The molecular formula is C22H21F3N4O2. The molecule has 6 nitrogen and oxygen atoms in total. The van der Waals surface area contributed by atoms with Gasteiger partial charge in [0.25, 0.3) is 5.91 Å². The van der Waals surface area contributed by atoms with Crippen molar-refractivity contribution < 1.29 is 22.7 Å². The Hall–Kier alpha value is -3.49. The number of halogens is 3. The second kappa shape index (κ2) is 8.33. The molecule has 0 aliphatic carbocycles. The molecule has 4 rings (SSSR count). The molecule has 1 aliphatic heterocycles. The van der Waals surface area contributed by atoms with Gasteiger partial charge < -0.3 is 14.5 Å². The third-order valence-corrected chi connectivity index (χ3v) is 5.03. The van der Waals surface area contributed by atoms with Crippen LogP contribution in [0.4, 0.5) is 18.9 Å². The van der Waals surface area contributed by atoms with Gasteiger partial charge in [0, 0.05) is 37.9 Å². The van der Waals surface area contributed by atoms with Gasteiger partial charge >= 0.3 is 6.36 Å². The topological polar surface area (TPSA) is 50.6 Å². The number of piperazine rings is 1. The first-order valence-electron chi connectivity index (χ1n) is 9.82. The van der Waals surface area contributed by atoms with Gasteiger partial charge in [-0.1, -0.05) is 24.3 Å². The Morgan fingerprint density at radius 2 is 1.61 bits per heavy atom. The van der Waals surface area contributed by atoms with Crippen LogP contribution < -0.4 is 9.64 Å². The van der Waals surface area contributed by atoms with Gasteiger partial charge in [-0.15, -0.1) is 13.2 Å². The zero-order valence-corrected chi connectivity index (χ0v) is 16.8. The minimum Gasteiger partial charge on any atom is -0.406 e. The number of aromatic nitrogens is 2. The Bertz CT molecular complexity index is 1060. The van der Waals surface area contributed by atoms with Crippen LogP contribution in [0.5, 0.6) is 5.75 Å². The molecule has 162 valence electrons. The summed E-state index contributed by atoms with van der Waals surface area (Å²) in [5, 5.41) is 4.45. The first-order valence-corrected chi connectivity index (χ1v) is 9.82. The monoisotopic (exact) mass is 430 g/mol. The lowest BCUT2D eigenvalue weighted by molar-refractivity contribution is -0.274. The first-order chi connectivity index (χ1) is 14.8.